The van der Waals surface area contributed by atoms with Crippen molar-refractivity contribution in [3.8, 4) is 0 Å². The van der Waals surface area contributed by atoms with Crippen LogP contribution in [0.15, 0.2) is 0 Å². The molecule has 0 saturated carbocycles. The second-order valence-corrected chi connectivity index (χ2v) is 4.78. The first-order chi connectivity index (χ1) is 5.09. The van der Waals surface area contributed by atoms with Gasteiger partial charge in [-0.1, -0.05) is 0 Å². The number of hydrogen-bond acceptors (Lipinski definition) is 1. The Bertz CT molecular complexity index is 83.6. The van der Waals surface area contributed by atoms with Gasteiger partial charge >= 0.3 is 79.4 Å². The van der Waals surface area contributed by atoms with Gasteiger partial charge in [-0.2, -0.15) is 0 Å². The molecule has 0 atom stereocenters. The average molecular weight is 216 g/mol. The molecule has 0 aromatic rings. The third-order valence-corrected chi connectivity index (χ3v) is 2.80. The fraction of sp³-hybridized carbons (Fsp3) is 1.00. The molecule has 0 fully saturated rings. The maximum atomic E-state index is 2.56. The zero-order valence-electron chi connectivity index (χ0n) is 8.30. The van der Waals surface area contributed by atoms with Crippen molar-refractivity contribution >= 4 is 16.5 Å². The van der Waals surface area contributed by atoms with Crippen molar-refractivity contribution in [1.82, 2.24) is 4.90 Å². The van der Waals surface area contributed by atoms with Gasteiger partial charge in [0.05, 0.1) is 0 Å². The summed E-state index contributed by atoms with van der Waals surface area (Å²) in [7, 11) is 0. The van der Waals surface area contributed by atoms with Gasteiger partial charge in [0, 0.05) is 0 Å². The van der Waals surface area contributed by atoms with Gasteiger partial charge in [-0.3, -0.25) is 0 Å². The molecule has 0 spiro atoms. The molecule has 0 saturated heterocycles. The molecular weight excluding hydrogens is 195 g/mol. The van der Waals surface area contributed by atoms with Crippen LogP contribution >= 0.6 is 0 Å². The molecule has 0 aliphatic carbocycles. The van der Waals surface area contributed by atoms with Crippen molar-refractivity contribution in [1.29, 1.82) is 0 Å². The molecule has 0 aliphatic rings. The van der Waals surface area contributed by atoms with E-state index < -0.39 is 0 Å². The van der Waals surface area contributed by atoms with Crippen LogP contribution in [0.25, 0.3) is 0 Å². The van der Waals surface area contributed by atoms with Crippen molar-refractivity contribution in [2.75, 3.05) is 6.54 Å². The van der Waals surface area contributed by atoms with Crippen molar-refractivity contribution in [2.45, 2.75) is 51.5 Å². The van der Waals surface area contributed by atoms with E-state index in [1.54, 1.807) is 0 Å². The van der Waals surface area contributed by atoms with Crippen LogP contribution in [-0.2, 0) is 0 Å². The van der Waals surface area contributed by atoms with Gasteiger partial charge in [0.15, 0.2) is 0 Å². The summed E-state index contributed by atoms with van der Waals surface area (Å²) in [5.41, 5.74) is 0. The average Bonchev–Trinajstić information content (AvgIpc) is 1.87. The van der Waals surface area contributed by atoms with Gasteiger partial charge < -0.3 is 0 Å². The van der Waals surface area contributed by atoms with Crippen LogP contribution < -0.4 is 0 Å². The third-order valence-electron chi connectivity index (χ3n) is 1.95. The summed E-state index contributed by atoms with van der Waals surface area (Å²) in [5, 5.41) is 1.36. The molecule has 1 nitrogen and oxygen atoms in total. The number of nitrogens with zero attached hydrogens (tertiary/aromatic N) is 1. The minimum atomic E-state index is 0.703. The first-order valence-electron chi connectivity index (χ1n) is 4.55. The Morgan fingerprint density at radius 1 is 1.09 bits per heavy atom. The molecule has 0 aromatic heterocycles. The second-order valence-electron chi connectivity index (χ2n) is 3.57. The summed E-state index contributed by atoms with van der Waals surface area (Å²) >= 11 is 1.85. The van der Waals surface area contributed by atoms with E-state index in [4.69, 9.17) is 0 Å². The van der Waals surface area contributed by atoms with Crippen LogP contribution in [0.5, 0.6) is 0 Å². The van der Waals surface area contributed by atoms with E-state index in [1.807, 2.05) is 16.5 Å². The molecule has 0 amide bonds. The van der Waals surface area contributed by atoms with E-state index in [0.717, 1.165) is 0 Å². The van der Waals surface area contributed by atoms with Gasteiger partial charge in [-0.15, -0.1) is 0 Å². The molecule has 2 radical (unpaired) electrons. The van der Waals surface area contributed by atoms with E-state index in [9.17, 15) is 0 Å². The van der Waals surface area contributed by atoms with Crippen LogP contribution in [0, 0.1) is 0 Å². The minimum absolute atomic E-state index is 0.703. The molecule has 0 rings (SSSR count). The van der Waals surface area contributed by atoms with Crippen molar-refractivity contribution in [2.24, 2.45) is 0 Å². The van der Waals surface area contributed by atoms with Crippen LogP contribution in [-0.4, -0.2) is 40.0 Å². The van der Waals surface area contributed by atoms with Gasteiger partial charge in [0.2, 0.25) is 0 Å². The Labute approximate surface area is 79.8 Å². The van der Waals surface area contributed by atoms with E-state index >= 15 is 0 Å². The fourth-order valence-electron chi connectivity index (χ4n) is 1.39. The molecular formula is C9H21GeN. The molecule has 0 heterocycles. The molecule has 0 unspecified atom stereocenters. The first-order valence-corrected chi connectivity index (χ1v) is 6.26. The summed E-state index contributed by atoms with van der Waals surface area (Å²) in [6.07, 6.45) is 1.36. The Morgan fingerprint density at radius 2 is 1.55 bits per heavy atom. The van der Waals surface area contributed by atoms with Crippen LogP contribution in [0.4, 0.5) is 0 Å². The molecule has 0 N–H and O–H groups in total. The van der Waals surface area contributed by atoms with E-state index in [-0.39, 0.29) is 0 Å². The third kappa shape index (κ3) is 4.86. The monoisotopic (exact) mass is 217 g/mol. The van der Waals surface area contributed by atoms with Gasteiger partial charge in [-0.05, 0) is 0 Å². The number of rotatable bonds is 5. The van der Waals surface area contributed by atoms with E-state index in [2.05, 4.69) is 32.6 Å². The van der Waals surface area contributed by atoms with Crippen molar-refractivity contribution in [3.63, 3.8) is 0 Å². The van der Waals surface area contributed by atoms with Crippen molar-refractivity contribution < 1.29 is 0 Å². The molecule has 2 heteroatoms. The van der Waals surface area contributed by atoms with Gasteiger partial charge in [0.25, 0.3) is 0 Å². The SMILES string of the molecule is CC(C)N(CC[CH2][GeH])C(C)C. The Balaban J connectivity index is 3.70. The number of hydrogen-bond donors (Lipinski definition) is 0. The Kier molecular flexibility index (Phi) is 6.34. The van der Waals surface area contributed by atoms with Gasteiger partial charge in [0.1, 0.15) is 0 Å². The second kappa shape index (κ2) is 6.07. The van der Waals surface area contributed by atoms with Crippen LogP contribution in [0.3, 0.4) is 0 Å². The van der Waals surface area contributed by atoms with E-state index in [1.165, 1.54) is 18.2 Å². The maximum absolute atomic E-state index is 2.56. The first kappa shape index (κ1) is 11.5. The zero-order valence-corrected chi connectivity index (χ0v) is 10.7. The molecule has 11 heavy (non-hydrogen) atoms. The predicted molar refractivity (Wildman–Crippen MR) is 53.6 cm³/mol. The van der Waals surface area contributed by atoms with Crippen LogP contribution in [0.1, 0.15) is 34.1 Å². The zero-order chi connectivity index (χ0) is 8.85. The normalized spacial score (nSPS) is 12.0. The summed E-state index contributed by atoms with van der Waals surface area (Å²) in [6.45, 7) is 10.4. The van der Waals surface area contributed by atoms with Crippen molar-refractivity contribution in [3.05, 3.63) is 0 Å². The Hall–Kier alpha value is 0.503. The molecule has 0 aromatic carbocycles. The fourth-order valence-corrected chi connectivity index (χ4v) is 1.77. The summed E-state index contributed by atoms with van der Waals surface area (Å²) in [4.78, 5) is 2.56. The molecule has 0 bridgehead atoms. The summed E-state index contributed by atoms with van der Waals surface area (Å²) in [5.74, 6) is 0. The van der Waals surface area contributed by atoms with Gasteiger partial charge in [-0.25, -0.2) is 0 Å². The quantitative estimate of drug-likeness (QED) is 0.633. The van der Waals surface area contributed by atoms with E-state index in [0.29, 0.717) is 12.1 Å². The predicted octanol–water partition coefficient (Wildman–Crippen LogP) is 1.81. The standard InChI is InChI=1S/C9H21GeN/c1-8(2)11(9(3)4)7-5-6-10/h8-10H,5-7H2,1-4H3. The molecule has 0 aliphatic heterocycles. The summed E-state index contributed by atoms with van der Waals surface area (Å²) in [6, 6.07) is 1.41. The van der Waals surface area contributed by atoms with Crippen LogP contribution in [0.2, 0.25) is 5.25 Å². The summed E-state index contributed by atoms with van der Waals surface area (Å²) < 4.78 is 0. The topological polar surface area (TPSA) is 3.24 Å². The Morgan fingerprint density at radius 3 is 1.82 bits per heavy atom. The molecule has 66 valence electrons.